The first-order valence-corrected chi connectivity index (χ1v) is 13.3. The standard InChI is InChI=1S/2C13H21.2ClH.Zr/c2*1-9(2)13(5,6)12-8-7-10(3)11(12)4;;;/h2*9H,7H2,1-6H3;2*1H;/q;;;;+2/p-2. The molecule has 0 amide bonds. The van der Waals surface area contributed by atoms with Gasteiger partial charge in [-0.25, -0.2) is 0 Å². The van der Waals surface area contributed by atoms with Crippen LogP contribution >= 0.6 is 0 Å². The Morgan fingerprint density at radius 2 is 0.897 bits per heavy atom. The Bertz CT molecular complexity index is 692. The van der Waals surface area contributed by atoms with Crippen LogP contribution in [-0.4, -0.2) is 0 Å². The molecule has 2 rings (SSSR count). The molecule has 0 atom stereocenters. The maximum Gasteiger partial charge on any atom is -1.00 e. The summed E-state index contributed by atoms with van der Waals surface area (Å²) in [4.78, 5) is 0. The fraction of sp³-hybridized carbons (Fsp3) is 0.692. The summed E-state index contributed by atoms with van der Waals surface area (Å²) in [6.45, 7) is 29.0. The summed E-state index contributed by atoms with van der Waals surface area (Å²) in [5, 5.41) is 0. The van der Waals surface area contributed by atoms with Crippen molar-refractivity contribution in [2.24, 2.45) is 22.7 Å². The van der Waals surface area contributed by atoms with Crippen molar-refractivity contribution in [3.05, 3.63) is 40.0 Å². The molecule has 0 aromatic carbocycles. The van der Waals surface area contributed by atoms with Crippen LogP contribution in [0.3, 0.4) is 0 Å². The second kappa shape index (κ2) is 10.4. The van der Waals surface area contributed by atoms with E-state index in [0.717, 1.165) is 0 Å². The molecule has 0 radical (unpaired) electrons. The van der Waals surface area contributed by atoms with Crippen molar-refractivity contribution in [2.75, 3.05) is 0 Å². The number of allylic oxidation sites excluding steroid dienone is 8. The fourth-order valence-corrected chi connectivity index (χ4v) is 10.3. The Morgan fingerprint density at radius 1 is 0.621 bits per heavy atom. The molecule has 0 fully saturated rings. The monoisotopic (exact) mass is 514 g/mol. The topological polar surface area (TPSA) is 0 Å². The predicted octanol–water partition coefficient (Wildman–Crippen LogP) is 2.43. The van der Waals surface area contributed by atoms with Gasteiger partial charge in [-0.3, -0.25) is 0 Å². The normalized spacial score (nSPS) is 18.1. The second-order valence-corrected chi connectivity index (χ2v) is 14.3. The van der Waals surface area contributed by atoms with Crippen LogP contribution in [0.15, 0.2) is 40.0 Å². The van der Waals surface area contributed by atoms with Gasteiger partial charge in [-0.2, -0.15) is 0 Å². The van der Waals surface area contributed by atoms with Crippen molar-refractivity contribution < 1.29 is 48.0 Å². The van der Waals surface area contributed by atoms with Crippen molar-refractivity contribution >= 4 is 0 Å². The van der Waals surface area contributed by atoms with Crippen LogP contribution in [0, 0.1) is 22.7 Å². The summed E-state index contributed by atoms with van der Waals surface area (Å²) < 4.78 is 3.73. The number of hydrogen-bond donors (Lipinski definition) is 0. The summed E-state index contributed by atoms with van der Waals surface area (Å²) in [7, 11) is 0. The zero-order valence-electron chi connectivity index (χ0n) is 20.8. The average molecular weight is 517 g/mol. The molecule has 0 N–H and O–H groups in total. The van der Waals surface area contributed by atoms with E-state index >= 15 is 0 Å². The van der Waals surface area contributed by atoms with Crippen LogP contribution in [-0.2, 0) is 23.2 Å². The minimum Gasteiger partial charge on any atom is -1.00 e. The second-order valence-electron chi connectivity index (χ2n) is 10.7. The smallest absolute Gasteiger partial charge is 1.00 e. The van der Waals surface area contributed by atoms with Crippen molar-refractivity contribution in [1.29, 1.82) is 0 Å². The maximum absolute atomic E-state index is 2.48. The van der Waals surface area contributed by atoms with Gasteiger partial charge in [0.1, 0.15) is 0 Å². The van der Waals surface area contributed by atoms with E-state index in [1.54, 1.807) is 33.4 Å². The molecule has 3 heteroatoms. The van der Waals surface area contributed by atoms with Crippen LogP contribution in [0.25, 0.3) is 0 Å². The summed E-state index contributed by atoms with van der Waals surface area (Å²) in [5.74, 6) is 1.35. The zero-order valence-corrected chi connectivity index (χ0v) is 24.8. The number of rotatable bonds is 6. The molecule has 0 unspecified atom stereocenters. The Balaban J connectivity index is 0.00000392. The molecule has 0 saturated carbocycles. The van der Waals surface area contributed by atoms with Gasteiger partial charge >= 0.3 is 182 Å². The van der Waals surface area contributed by atoms with Gasteiger partial charge in [-0.1, -0.05) is 0 Å². The van der Waals surface area contributed by atoms with Crippen LogP contribution in [0.1, 0.15) is 95.9 Å². The van der Waals surface area contributed by atoms with E-state index < -0.39 is 23.2 Å². The fourth-order valence-electron chi connectivity index (χ4n) is 4.57. The van der Waals surface area contributed by atoms with Crippen molar-refractivity contribution in [3.8, 4) is 0 Å². The molecule has 0 bridgehead atoms. The first-order valence-electron chi connectivity index (χ1n) is 10.8. The van der Waals surface area contributed by atoms with Crippen LogP contribution in [0.2, 0.25) is 0 Å². The molecule has 0 saturated heterocycles. The Hall–Kier alpha value is 0.423. The van der Waals surface area contributed by atoms with Crippen LogP contribution < -0.4 is 24.8 Å². The molecule has 2 aliphatic rings. The summed E-state index contributed by atoms with van der Waals surface area (Å²) in [5.41, 5.74) is 10.5. The first-order chi connectivity index (χ1) is 12.2. The van der Waals surface area contributed by atoms with Crippen LogP contribution in [0.5, 0.6) is 0 Å². The Kier molecular flexibility index (Phi) is 10.5. The predicted molar refractivity (Wildman–Crippen MR) is 117 cm³/mol. The summed E-state index contributed by atoms with van der Waals surface area (Å²) in [6, 6.07) is 0. The van der Waals surface area contributed by atoms with Gasteiger partial charge in [0, 0.05) is 0 Å². The molecule has 29 heavy (non-hydrogen) atoms. The van der Waals surface area contributed by atoms with Gasteiger partial charge in [0.2, 0.25) is 0 Å². The molecule has 0 aliphatic heterocycles. The minimum absolute atomic E-state index is 0. The molecular weight excluding hydrogens is 474 g/mol. The van der Waals surface area contributed by atoms with E-state index in [0.29, 0.717) is 11.8 Å². The van der Waals surface area contributed by atoms with Crippen LogP contribution in [0.4, 0.5) is 0 Å². The average Bonchev–Trinajstić information content (AvgIpc) is 2.96. The third-order valence-corrected chi connectivity index (χ3v) is 11.6. The van der Waals surface area contributed by atoms with Gasteiger partial charge in [0.25, 0.3) is 0 Å². The van der Waals surface area contributed by atoms with Gasteiger partial charge in [0.15, 0.2) is 0 Å². The quantitative estimate of drug-likeness (QED) is 0.509. The van der Waals surface area contributed by atoms with Gasteiger partial charge in [-0.15, -0.1) is 0 Å². The molecule has 0 spiro atoms. The van der Waals surface area contributed by atoms with E-state index in [1.807, 2.05) is 6.56 Å². The third kappa shape index (κ3) is 5.44. The molecule has 0 nitrogen and oxygen atoms in total. The van der Waals surface area contributed by atoms with Gasteiger partial charge in [-0.05, 0) is 0 Å². The molecule has 0 aromatic heterocycles. The largest absolute Gasteiger partial charge is 1.00 e. The van der Waals surface area contributed by atoms with E-state index in [4.69, 9.17) is 0 Å². The minimum atomic E-state index is -0.758. The van der Waals surface area contributed by atoms with Crippen molar-refractivity contribution in [3.63, 3.8) is 0 Å². The van der Waals surface area contributed by atoms with E-state index in [-0.39, 0.29) is 35.6 Å². The summed E-state index contributed by atoms with van der Waals surface area (Å²) >= 11 is -0.758. The Labute approximate surface area is 205 Å². The van der Waals surface area contributed by atoms with Crippen molar-refractivity contribution in [1.82, 2.24) is 0 Å². The molecule has 0 aromatic rings. The number of hydrogen-bond acceptors (Lipinski definition) is 0. The Morgan fingerprint density at radius 3 is 1.14 bits per heavy atom. The van der Waals surface area contributed by atoms with Gasteiger partial charge in [0.05, 0.1) is 0 Å². The van der Waals surface area contributed by atoms with Gasteiger partial charge < -0.3 is 24.8 Å². The SMILES string of the molecule is CC1=C(C)C(C(C)(C)C(C)C)=[C]([Zr+2][C]2=C(C(C)(C)C(C)C)C(C)=C(C)C2)C1.[Cl-].[Cl-]. The van der Waals surface area contributed by atoms with Crippen molar-refractivity contribution in [2.45, 2.75) is 95.9 Å². The molecular formula is C26H42Cl2Zr. The third-order valence-electron chi connectivity index (χ3n) is 7.99. The van der Waals surface area contributed by atoms with E-state index in [1.165, 1.54) is 12.8 Å². The first kappa shape index (κ1) is 29.4. The maximum atomic E-state index is 2.48. The summed E-state index contributed by atoms with van der Waals surface area (Å²) in [6.07, 6.45) is 2.50. The molecule has 2 aliphatic carbocycles. The van der Waals surface area contributed by atoms with E-state index in [2.05, 4.69) is 83.1 Å². The molecule has 0 heterocycles. The molecule has 164 valence electrons. The van der Waals surface area contributed by atoms with E-state index in [9.17, 15) is 0 Å². The zero-order chi connectivity index (χ0) is 20.9. The number of halogens is 2.